The van der Waals surface area contributed by atoms with E-state index in [1.54, 1.807) is 12.1 Å². The number of hydrogen-bond donors (Lipinski definition) is 0. The minimum absolute atomic E-state index is 0.0472. The van der Waals surface area contributed by atoms with Crippen molar-refractivity contribution in [3.05, 3.63) is 42.5 Å². The summed E-state index contributed by atoms with van der Waals surface area (Å²) in [5.41, 5.74) is 0. The van der Waals surface area contributed by atoms with Crippen molar-refractivity contribution in [3.8, 4) is 0 Å². The van der Waals surface area contributed by atoms with Gasteiger partial charge in [-0.25, -0.2) is 16.8 Å². The van der Waals surface area contributed by atoms with Gasteiger partial charge < -0.3 is 4.74 Å². The van der Waals surface area contributed by atoms with Crippen molar-refractivity contribution in [2.75, 3.05) is 51.7 Å². The van der Waals surface area contributed by atoms with E-state index in [4.69, 9.17) is 4.74 Å². The van der Waals surface area contributed by atoms with Gasteiger partial charge in [-0.05, 0) is 54.6 Å². The number of sulfone groups is 1. The summed E-state index contributed by atoms with van der Waals surface area (Å²) in [6, 6.07) is 12.8. The molecule has 188 valence electrons. The van der Waals surface area contributed by atoms with Crippen LogP contribution in [-0.4, -0.2) is 83.0 Å². The van der Waals surface area contributed by atoms with Crippen molar-refractivity contribution in [2.45, 2.75) is 42.8 Å². The summed E-state index contributed by atoms with van der Waals surface area (Å²) >= 11 is 0. The van der Waals surface area contributed by atoms with Gasteiger partial charge in [-0.3, -0.25) is 4.90 Å². The van der Waals surface area contributed by atoms with Crippen LogP contribution < -0.4 is 0 Å². The Morgan fingerprint density at radius 1 is 0.941 bits per heavy atom. The Hall–Kier alpha value is -1.52. The van der Waals surface area contributed by atoms with Gasteiger partial charge in [0, 0.05) is 26.2 Å². The molecule has 2 saturated heterocycles. The number of nitrogens with zero attached hydrogens (tertiary/aromatic N) is 2. The van der Waals surface area contributed by atoms with E-state index in [1.807, 2.05) is 37.3 Å². The highest BCUT2D eigenvalue weighted by molar-refractivity contribution is 7.92. The van der Waals surface area contributed by atoms with Crippen LogP contribution in [0.4, 0.5) is 0 Å². The first-order chi connectivity index (χ1) is 16.3. The summed E-state index contributed by atoms with van der Waals surface area (Å²) in [7, 11) is -7.16. The fraction of sp³-hybridized carbons (Fsp3) is 0.600. The molecular weight excluding hydrogens is 472 g/mol. The van der Waals surface area contributed by atoms with Crippen molar-refractivity contribution in [2.24, 2.45) is 5.92 Å². The molecule has 2 aliphatic rings. The van der Waals surface area contributed by atoms with Crippen molar-refractivity contribution in [1.29, 1.82) is 0 Å². The lowest BCUT2D eigenvalue weighted by Gasteiger charge is -2.26. The number of benzene rings is 2. The first-order valence-electron chi connectivity index (χ1n) is 12.3. The van der Waals surface area contributed by atoms with Crippen LogP contribution in [-0.2, 0) is 24.6 Å². The second kappa shape index (κ2) is 11.0. The molecule has 7 nitrogen and oxygen atoms in total. The summed E-state index contributed by atoms with van der Waals surface area (Å²) in [5, 5.41) is 1.20. The lowest BCUT2D eigenvalue weighted by Crippen LogP contribution is -2.37. The molecule has 1 unspecified atom stereocenters. The predicted octanol–water partition coefficient (Wildman–Crippen LogP) is 3.16. The molecule has 0 bridgehead atoms. The molecule has 2 aliphatic heterocycles. The van der Waals surface area contributed by atoms with Crippen molar-refractivity contribution >= 4 is 30.6 Å². The van der Waals surface area contributed by atoms with E-state index in [0.717, 1.165) is 56.5 Å². The number of morpholine rings is 1. The van der Waals surface area contributed by atoms with Crippen LogP contribution in [0.5, 0.6) is 0 Å². The Morgan fingerprint density at radius 2 is 1.68 bits per heavy atom. The fourth-order valence-electron chi connectivity index (χ4n) is 5.15. The van der Waals surface area contributed by atoms with Gasteiger partial charge in [0.1, 0.15) is 0 Å². The second-order valence-corrected chi connectivity index (χ2v) is 13.7. The van der Waals surface area contributed by atoms with E-state index in [-0.39, 0.29) is 29.7 Å². The molecule has 2 atom stereocenters. The van der Waals surface area contributed by atoms with Gasteiger partial charge in [0.25, 0.3) is 0 Å². The van der Waals surface area contributed by atoms with Gasteiger partial charge in [0.05, 0.1) is 29.1 Å². The number of ether oxygens (including phenoxy) is 1. The first kappa shape index (κ1) is 25.6. The van der Waals surface area contributed by atoms with Gasteiger partial charge in [-0.2, -0.15) is 4.31 Å². The van der Waals surface area contributed by atoms with E-state index in [2.05, 4.69) is 4.90 Å². The Bertz CT molecular complexity index is 1180. The SMILES string of the molecule is CCC[C@@H]1CN(S(=O)(=O)c2ccc3ccccc3c2)CC1S(=O)(=O)CCCCN1CCOCC1. The quantitative estimate of drug-likeness (QED) is 0.459. The average Bonchev–Trinajstić information content (AvgIpc) is 3.28. The molecule has 0 amide bonds. The second-order valence-electron chi connectivity index (χ2n) is 9.45. The van der Waals surface area contributed by atoms with Crippen molar-refractivity contribution in [3.63, 3.8) is 0 Å². The highest BCUT2D eigenvalue weighted by Gasteiger charge is 2.44. The molecule has 0 aromatic heterocycles. The minimum Gasteiger partial charge on any atom is -0.379 e. The topological polar surface area (TPSA) is 84.0 Å². The maximum Gasteiger partial charge on any atom is 0.243 e. The Morgan fingerprint density at radius 3 is 2.41 bits per heavy atom. The zero-order valence-corrected chi connectivity index (χ0v) is 21.6. The van der Waals surface area contributed by atoms with Gasteiger partial charge in [-0.15, -0.1) is 0 Å². The van der Waals surface area contributed by atoms with Crippen LogP contribution in [0.1, 0.15) is 32.6 Å². The number of unbranched alkanes of at least 4 members (excludes halogenated alkanes) is 1. The molecule has 2 aromatic carbocycles. The number of sulfonamides is 1. The number of hydrogen-bond acceptors (Lipinski definition) is 6. The monoisotopic (exact) mass is 508 g/mol. The van der Waals surface area contributed by atoms with Crippen molar-refractivity contribution < 1.29 is 21.6 Å². The molecule has 0 N–H and O–H groups in total. The van der Waals surface area contributed by atoms with E-state index in [0.29, 0.717) is 12.8 Å². The van der Waals surface area contributed by atoms with Crippen LogP contribution in [0, 0.1) is 5.92 Å². The predicted molar refractivity (Wildman–Crippen MR) is 135 cm³/mol. The zero-order chi connectivity index (χ0) is 24.2. The first-order valence-corrected chi connectivity index (χ1v) is 15.5. The smallest absolute Gasteiger partial charge is 0.243 e. The number of rotatable bonds is 10. The van der Waals surface area contributed by atoms with Crippen LogP contribution in [0.3, 0.4) is 0 Å². The molecule has 4 rings (SSSR count). The zero-order valence-electron chi connectivity index (χ0n) is 19.9. The maximum absolute atomic E-state index is 13.5. The van der Waals surface area contributed by atoms with Gasteiger partial charge in [0.2, 0.25) is 10.0 Å². The summed E-state index contributed by atoms with van der Waals surface area (Å²) in [5.74, 6) is -0.0454. The Kier molecular flexibility index (Phi) is 8.30. The van der Waals surface area contributed by atoms with Crippen LogP contribution >= 0.6 is 0 Å². The standard InChI is InChI=1S/C25H36N2O5S2/c1-2-7-23-19-27(34(30,31)24-11-10-21-8-3-4-9-22(21)18-24)20-25(23)33(28,29)17-6-5-12-26-13-15-32-16-14-26/h3-4,8-11,18,23,25H,2,5-7,12-17,19-20H2,1H3/t23-,25?/m1/s1. The molecule has 0 radical (unpaired) electrons. The molecule has 34 heavy (non-hydrogen) atoms. The molecule has 0 spiro atoms. The summed E-state index contributed by atoms with van der Waals surface area (Å²) in [6.07, 6.45) is 2.97. The van der Waals surface area contributed by atoms with Gasteiger partial charge >= 0.3 is 0 Å². The lowest BCUT2D eigenvalue weighted by molar-refractivity contribution is 0.0373. The largest absolute Gasteiger partial charge is 0.379 e. The van der Waals surface area contributed by atoms with E-state index in [1.165, 1.54) is 4.31 Å². The average molecular weight is 509 g/mol. The summed E-state index contributed by atoms with van der Waals surface area (Å²) in [4.78, 5) is 2.54. The van der Waals surface area contributed by atoms with Gasteiger partial charge in [0.15, 0.2) is 9.84 Å². The molecular formula is C25H36N2O5S2. The van der Waals surface area contributed by atoms with Crippen LogP contribution in [0.25, 0.3) is 10.8 Å². The van der Waals surface area contributed by atoms with E-state index in [9.17, 15) is 16.8 Å². The Balaban J connectivity index is 1.44. The lowest BCUT2D eigenvalue weighted by atomic mass is 10.0. The normalized spacial score (nSPS) is 23.0. The molecule has 9 heteroatoms. The van der Waals surface area contributed by atoms with Crippen LogP contribution in [0.15, 0.2) is 47.4 Å². The van der Waals surface area contributed by atoms with E-state index < -0.39 is 25.1 Å². The summed E-state index contributed by atoms with van der Waals surface area (Å²) in [6.45, 7) is 6.48. The molecule has 0 saturated carbocycles. The highest BCUT2D eigenvalue weighted by Crippen LogP contribution is 2.33. The van der Waals surface area contributed by atoms with Crippen molar-refractivity contribution in [1.82, 2.24) is 9.21 Å². The maximum atomic E-state index is 13.5. The number of fused-ring (bicyclic) bond motifs is 1. The fourth-order valence-corrected chi connectivity index (χ4v) is 8.92. The van der Waals surface area contributed by atoms with E-state index >= 15 is 0 Å². The molecule has 2 fully saturated rings. The third kappa shape index (κ3) is 5.82. The Labute approximate surface area is 204 Å². The molecule has 2 heterocycles. The molecule has 0 aliphatic carbocycles. The summed E-state index contributed by atoms with van der Waals surface area (Å²) < 4.78 is 60.3. The van der Waals surface area contributed by atoms with Gasteiger partial charge in [-0.1, -0.05) is 43.7 Å². The third-order valence-electron chi connectivity index (χ3n) is 7.08. The third-order valence-corrected chi connectivity index (χ3v) is 11.2. The molecule has 2 aromatic rings. The van der Waals surface area contributed by atoms with Crippen LogP contribution in [0.2, 0.25) is 0 Å². The highest BCUT2D eigenvalue weighted by atomic mass is 32.2. The minimum atomic E-state index is -3.76.